The van der Waals surface area contributed by atoms with Crippen molar-refractivity contribution in [1.82, 2.24) is 0 Å². The van der Waals surface area contributed by atoms with Crippen molar-refractivity contribution >= 4 is 11.4 Å². The van der Waals surface area contributed by atoms with Gasteiger partial charge in [0.1, 0.15) is 0 Å². The zero-order chi connectivity index (χ0) is 12.4. The van der Waals surface area contributed by atoms with Crippen LogP contribution in [0.3, 0.4) is 0 Å². The Morgan fingerprint density at radius 1 is 1.29 bits per heavy atom. The number of nitrogens with one attached hydrogen (secondary N) is 1. The number of nitrogen functional groups attached to an aromatic ring is 1. The number of rotatable bonds is 2. The molecule has 1 aromatic carbocycles. The molecule has 94 valence electrons. The molecular formula is C13H18F2N2. The second-order valence-electron chi connectivity index (χ2n) is 4.94. The van der Waals surface area contributed by atoms with E-state index < -0.39 is 11.6 Å². The molecule has 0 aliphatic heterocycles. The molecule has 2 nitrogen and oxygen atoms in total. The molecule has 0 spiro atoms. The largest absolute Gasteiger partial charge is 0.397 e. The first-order valence-corrected chi connectivity index (χ1v) is 6.08. The van der Waals surface area contributed by atoms with Crippen LogP contribution in [0.4, 0.5) is 20.2 Å². The summed E-state index contributed by atoms with van der Waals surface area (Å²) in [5, 5.41) is 3.05. The Morgan fingerprint density at radius 3 is 2.76 bits per heavy atom. The van der Waals surface area contributed by atoms with E-state index in [1.54, 1.807) is 0 Å². The van der Waals surface area contributed by atoms with Crippen molar-refractivity contribution in [2.45, 2.75) is 38.6 Å². The van der Waals surface area contributed by atoms with Gasteiger partial charge in [0.05, 0.1) is 11.4 Å². The molecule has 1 fully saturated rings. The lowest BCUT2D eigenvalue weighted by molar-refractivity contribution is 0.357. The Bertz CT molecular complexity index is 407. The maximum Gasteiger partial charge on any atom is 0.183 e. The van der Waals surface area contributed by atoms with E-state index in [2.05, 4.69) is 12.2 Å². The first-order chi connectivity index (χ1) is 8.08. The lowest BCUT2D eigenvalue weighted by Gasteiger charge is -2.28. The Balaban J connectivity index is 2.15. The highest BCUT2D eigenvalue weighted by Crippen LogP contribution is 2.30. The van der Waals surface area contributed by atoms with Crippen LogP contribution in [0, 0.1) is 17.6 Å². The number of benzene rings is 1. The second-order valence-corrected chi connectivity index (χ2v) is 4.94. The molecule has 0 bridgehead atoms. The highest BCUT2D eigenvalue weighted by atomic mass is 19.2. The lowest BCUT2D eigenvalue weighted by Crippen LogP contribution is -2.27. The summed E-state index contributed by atoms with van der Waals surface area (Å²) in [6, 6.07) is 2.64. The van der Waals surface area contributed by atoms with Gasteiger partial charge in [-0.1, -0.05) is 19.8 Å². The van der Waals surface area contributed by atoms with E-state index in [4.69, 9.17) is 5.73 Å². The minimum atomic E-state index is -0.872. The lowest BCUT2D eigenvalue weighted by atomic mass is 9.87. The van der Waals surface area contributed by atoms with Gasteiger partial charge in [0, 0.05) is 6.04 Å². The summed E-state index contributed by atoms with van der Waals surface area (Å²) < 4.78 is 26.7. The van der Waals surface area contributed by atoms with Crippen LogP contribution in [-0.2, 0) is 0 Å². The van der Waals surface area contributed by atoms with E-state index in [0.717, 1.165) is 25.3 Å². The fraction of sp³-hybridized carbons (Fsp3) is 0.538. The van der Waals surface area contributed by atoms with Crippen LogP contribution in [-0.4, -0.2) is 6.04 Å². The van der Waals surface area contributed by atoms with Crippen LogP contribution >= 0.6 is 0 Å². The molecule has 1 aromatic rings. The molecule has 0 amide bonds. The maximum atomic E-state index is 13.6. The van der Waals surface area contributed by atoms with Crippen LogP contribution < -0.4 is 11.1 Å². The van der Waals surface area contributed by atoms with Gasteiger partial charge in [0.25, 0.3) is 0 Å². The molecular weight excluding hydrogens is 222 g/mol. The monoisotopic (exact) mass is 240 g/mol. The zero-order valence-electron chi connectivity index (χ0n) is 9.97. The molecule has 17 heavy (non-hydrogen) atoms. The van der Waals surface area contributed by atoms with Gasteiger partial charge < -0.3 is 11.1 Å². The number of anilines is 2. The van der Waals surface area contributed by atoms with E-state index >= 15 is 0 Å². The summed E-state index contributed by atoms with van der Waals surface area (Å²) in [5.74, 6) is -1.10. The van der Waals surface area contributed by atoms with E-state index in [1.807, 2.05) is 0 Å². The fourth-order valence-electron chi connectivity index (χ4n) is 2.48. The smallest absolute Gasteiger partial charge is 0.183 e. The number of hydrogen-bond donors (Lipinski definition) is 2. The molecule has 0 heterocycles. The fourth-order valence-corrected chi connectivity index (χ4v) is 2.48. The quantitative estimate of drug-likeness (QED) is 0.776. The number of hydrogen-bond acceptors (Lipinski definition) is 2. The normalized spacial score (nSPS) is 24.6. The van der Waals surface area contributed by atoms with E-state index in [0.29, 0.717) is 5.92 Å². The van der Waals surface area contributed by atoms with Crippen LogP contribution in [0.15, 0.2) is 12.1 Å². The first kappa shape index (κ1) is 12.1. The Kier molecular flexibility index (Phi) is 3.50. The Morgan fingerprint density at radius 2 is 2.06 bits per heavy atom. The van der Waals surface area contributed by atoms with E-state index in [-0.39, 0.29) is 17.4 Å². The van der Waals surface area contributed by atoms with Gasteiger partial charge in [0.15, 0.2) is 11.6 Å². The third kappa shape index (κ3) is 2.68. The molecule has 2 unspecified atom stereocenters. The molecule has 4 heteroatoms. The summed E-state index contributed by atoms with van der Waals surface area (Å²) >= 11 is 0. The minimum Gasteiger partial charge on any atom is -0.397 e. The van der Waals surface area contributed by atoms with Crippen LogP contribution in [0.1, 0.15) is 32.6 Å². The summed E-state index contributed by atoms with van der Waals surface area (Å²) in [6.45, 7) is 2.18. The maximum absolute atomic E-state index is 13.6. The Hall–Kier alpha value is -1.32. The molecule has 2 rings (SSSR count). The molecule has 0 radical (unpaired) electrons. The van der Waals surface area contributed by atoms with E-state index in [1.165, 1.54) is 12.5 Å². The minimum absolute atomic E-state index is 0.115. The van der Waals surface area contributed by atoms with Gasteiger partial charge in [-0.2, -0.15) is 0 Å². The van der Waals surface area contributed by atoms with Gasteiger partial charge in [-0.25, -0.2) is 8.78 Å². The number of halogens is 2. The molecule has 0 aromatic heterocycles. The van der Waals surface area contributed by atoms with Gasteiger partial charge in [-0.3, -0.25) is 0 Å². The first-order valence-electron chi connectivity index (χ1n) is 6.08. The van der Waals surface area contributed by atoms with Crippen molar-refractivity contribution in [3.8, 4) is 0 Å². The average Bonchev–Trinajstić information content (AvgIpc) is 2.30. The van der Waals surface area contributed by atoms with Gasteiger partial charge in [0.2, 0.25) is 0 Å². The van der Waals surface area contributed by atoms with Gasteiger partial charge in [-0.15, -0.1) is 0 Å². The van der Waals surface area contributed by atoms with Crippen LogP contribution in [0.2, 0.25) is 0 Å². The summed E-state index contributed by atoms with van der Waals surface area (Å²) in [4.78, 5) is 0. The van der Waals surface area contributed by atoms with E-state index in [9.17, 15) is 8.78 Å². The third-order valence-corrected chi connectivity index (χ3v) is 3.41. The average molecular weight is 240 g/mol. The van der Waals surface area contributed by atoms with Crippen molar-refractivity contribution in [2.75, 3.05) is 11.1 Å². The van der Waals surface area contributed by atoms with Gasteiger partial charge in [-0.05, 0) is 30.9 Å². The second kappa shape index (κ2) is 4.90. The summed E-state index contributed by atoms with van der Waals surface area (Å²) in [7, 11) is 0. The molecule has 0 saturated heterocycles. The Labute approximate surface area is 100 Å². The number of nitrogens with two attached hydrogens (primary N) is 1. The van der Waals surface area contributed by atoms with Crippen molar-refractivity contribution in [3.63, 3.8) is 0 Å². The third-order valence-electron chi connectivity index (χ3n) is 3.41. The molecule has 3 N–H and O–H groups in total. The standard InChI is InChI=1S/C13H18F2N2/c1-8-3-2-4-9(7-8)17-13-11(16)6-5-10(14)12(13)15/h5-6,8-9,17H,2-4,7,16H2,1H3. The van der Waals surface area contributed by atoms with Crippen molar-refractivity contribution in [1.29, 1.82) is 0 Å². The summed E-state index contributed by atoms with van der Waals surface area (Å²) in [6.07, 6.45) is 4.30. The highest BCUT2D eigenvalue weighted by Gasteiger charge is 2.21. The summed E-state index contributed by atoms with van der Waals surface area (Å²) in [5.41, 5.74) is 6.05. The van der Waals surface area contributed by atoms with Crippen LogP contribution in [0.25, 0.3) is 0 Å². The van der Waals surface area contributed by atoms with Crippen molar-refractivity contribution in [2.24, 2.45) is 5.92 Å². The molecule has 2 atom stereocenters. The zero-order valence-corrected chi connectivity index (χ0v) is 9.97. The topological polar surface area (TPSA) is 38.0 Å². The SMILES string of the molecule is CC1CCCC(Nc2c(N)ccc(F)c2F)C1. The molecule has 1 aliphatic carbocycles. The predicted molar refractivity (Wildman–Crippen MR) is 65.8 cm³/mol. The van der Waals surface area contributed by atoms with Crippen molar-refractivity contribution in [3.05, 3.63) is 23.8 Å². The molecule has 1 saturated carbocycles. The van der Waals surface area contributed by atoms with Crippen molar-refractivity contribution < 1.29 is 8.78 Å². The molecule has 1 aliphatic rings. The predicted octanol–water partition coefficient (Wildman–Crippen LogP) is 3.54. The van der Waals surface area contributed by atoms with Crippen LogP contribution in [0.5, 0.6) is 0 Å². The highest BCUT2D eigenvalue weighted by molar-refractivity contribution is 5.67. The van der Waals surface area contributed by atoms with Gasteiger partial charge >= 0.3 is 0 Å².